The molecule has 13 heavy (non-hydrogen) atoms. The highest BCUT2D eigenvalue weighted by atomic mass is 14.1. The Morgan fingerprint density at radius 1 is 1.00 bits per heavy atom. The van der Waals surface area contributed by atoms with Crippen molar-refractivity contribution in [2.75, 3.05) is 0 Å². The fourth-order valence-electron chi connectivity index (χ4n) is 1.86. The smallest absolute Gasteiger partial charge is 0.0202 e. The number of rotatable bonds is 0. The molecule has 0 aromatic carbocycles. The van der Waals surface area contributed by atoms with Crippen molar-refractivity contribution in [3.8, 4) is 11.8 Å². The summed E-state index contributed by atoms with van der Waals surface area (Å²) in [5, 5.41) is 0. The Kier molecular flexibility index (Phi) is 5.41. The molecule has 0 N–H and O–H groups in total. The Balaban J connectivity index is 2.37. The molecule has 0 radical (unpaired) electrons. The number of hydrogen-bond acceptors (Lipinski definition) is 0. The van der Waals surface area contributed by atoms with Gasteiger partial charge in [-0.2, -0.15) is 0 Å². The van der Waals surface area contributed by atoms with Crippen molar-refractivity contribution in [3.05, 3.63) is 12.2 Å². The molecule has 0 spiro atoms. The molecular formula is C13H20. The van der Waals surface area contributed by atoms with Crippen molar-refractivity contribution in [1.29, 1.82) is 0 Å². The van der Waals surface area contributed by atoms with E-state index in [2.05, 4.69) is 24.0 Å². The molecule has 0 saturated heterocycles. The number of allylic oxidation sites excluding steroid dienone is 2. The van der Waals surface area contributed by atoms with Crippen LogP contribution in [0.25, 0.3) is 0 Å². The van der Waals surface area contributed by atoms with Gasteiger partial charge in [-0.15, -0.1) is 11.8 Å². The maximum atomic E-state index is 3.33. The van der Waals surface area contributed by atoms with Crippen LogP contribution in [0.2, 0.25) is 0 Å². The van der Waals surface area contributed by atoms with Crippen LogP contribution in [0.4, 0.5) is 0 Å². The van der Waals surface area contributed by atoms with Crippen molar-refractivity contribution in [1.82, 2.24) is 0 Å². The van der Waals surface area contributed by atoms with E-state index in [1.54, 1.807) is 0 Å². The topological polar surface area (TPSA) is 0 Å². The third-order valence-electron chi connectivity index (χ3n) is 2.61. The van der Waals surface area contributed by atoms with Gasteiger partial charge in [0.2, 0.25) is 0 Å². The monoisotopic (exact) mass is 176 g/mol. The van der Waals surface area contributed by atoms with E-state index < -0.39 is 0 Å². The van der Waals surface area contributed by atoms with Crippen LogP contribution in [0, 0.1) is 17.8 Å². The molecule has 0 aliphatic heterocycles. The molecule has 1 unspecified atom stereocenters. The van der Waals surface area contributed by atoms with Crippen molar-refractivity contribution >= 4 is 0 Å². The zero-order valence-corrected chi connectivity index (χ0v) is 8.68. The minimum absolute atomic E-state index is 0.677. The average Bonchev–Trinajstić information content (AvgIpc) is 2.16. The van der Waals surface area contributed by atoms with E-state index in [0.717, 1.165) is 0 Å². The van der Waals surface area contributed by atoms with Crippen LogP contribution in [0.5, 0.6) is 0 Å². The third kappa shape index (κ3) is 4.78. The summed E-state index contributed by atoms with van der Waals surface area (Å²) in [6.45, 7) is 1.96. The highest BCUT2D eigenvalue weighted by Crippen LogP contribution is 2.18. The highest BCUT2D eigenvalue weighted by Gasteiger charge is 2.04. The summed E-state index contributed by atoms with van der Waals surface area (Å²) in [5.41, 5.74) is 0. The maximum Gasteiger partial charge on any atom is 0.0202 e. The summed E-state index contributed by atoms with van der Waals surface area (Å²) in [7, 11) is 0. The Labute approximate surface area is 82.4 Å². The van der Waals surface area contributed by atoms with Gasteiger partial charge >= 0.3 is 0 Å². The van der Waals surface area contributed by atoms with Gasteiger partial charge in [0.1, 0.15) is 0 Å². The molecular weight excluding hydrogens is 156 g/mol. The molecule has 0 fully saturated rings. The van der Waals surface area contributed by atoms with Crippen molar-refractivity contribution in [2.45, 2.75) is 51.9 Å². The highest BCUT2D eigenvalue weighted by molar-refractivity contribution is 5.01. The zero-order valence-electron chi connectivity index (χ0n) is 8.68. The van der Waals surface area contributed by atoms with Gasteiger partial charge in [-0.25, -0.2) is 0 Å². The predicted octanol–water partition coefficient (Wildman–Crippen LogP) is 3.93. The number of hydrogen-bond donors (Lipinski definition) is 0. The molecule has 0 aromatic heterocycles. The summed E-state index contributed by atoms with van der Waals surface area (Å²) in [6.07, 6.45) is 13.8. The van der Waals surface area contributed by atoms with Gasteiger partial charge < -0.3 is 0 Å². The van der Waals surface area contributed by atoms with Crippen molar-refractivity contribution in [3.63, 3.8) is 0 Å². The fraction of sp³-hybridized carbons (Fsp3) is 0.692. The van der Waals surface area contributed by atoms with E-state index in [4.69, 9.17) is 0 Å². The lowest BCUT2D eigenvalue weighted by molar-refractivity contribution is 0.506. The quantitative estimate of drug-likeness (QED) is 0.387. The zero-order chi connectivity index (χ0) is 9.36. The van der Waals surface area contributed by atoms with Gasteiger partial charge in [0.25, 0.3) is 0 Å². The lowest BCUT2D eigenvalue weighted by Crippen LogP contribution is -1.98. The lowest BCUT2D eigenvalue weighted by atomic mass is 9.94. The van der Waals surface area contributed by atoms with Crippen molar-refractivity contribution < 1.29 is 0 Å². The first-order valence-corrected chi connectivity index (χ1v) is 5.51. The second-order valence-corrected chi connectivity index (χ2v) is 3.78. The molecule has 72 valence electrons. The fourth-order valence-corrected chi connectivity index (χ4v) is 1.86. The molecule has 0 bridgehead atoms. The van der Waals surface area contributed by atoms with Crippen LogP contribution in [0.15, 0.2) is 12.2 Å². The summed E-state index contributed by atoms with van der Waals surface area (Å²) in [6, 6.07) is 0. The van der Waals surface area contributed by atoms with E-state index in [-0.39, 0.29) is 0 Å². The second-order valence-electron chi connectivity index (χ2n) is 3.78. The summed E-state index contributed by atoms with van der Waals surface area (Å²) < 4.78 is 0. The summed E-state index contributed by atoms with van der Waals surface area (Å²) >= 11 is 0. The van der Waals surface area contributed by atoms with Crippen LogP contribution in [0.1, 0.15) is 51.9 Å². The van der Waals surface area contributed by atoms with Crippen LogP contribution in [-0.4, -0.2) is 0 Å². The van der Waals surface area contributed by atoms with Gasteiger partial charge in [0, 0.05) is 5.92 Å². The van der Waals surface area contributed by atoms with E-state index in [1.165, 1.54) is 44.9 Å². The Bertz CT molecular complexity index is 202. The van der Waals surface area contributed by atoms with E-state index in [1.807, 2.05) is 6.92 Å². The van der Waals surface area contributed by atoms with Gasteiger partial charge in [0.05, 0.1) is 0 Å². The summed E-state index contributed by atoms with van der Waals surface area (Å²) in [5.74, 6) is 7.06. The average molecular weight is 176 g/mol. The SMILES string of the molecule is CC#CC1CCCC=CCCCC1. The lowest BCUT2D eigenvalue weighted by Gasteiger charge is -2.10. The normalized spacial score (nSPS) is 24.5. The molecule has 1 atom stereocenters. The molecule has 0 aromatic rings. The first-order chi connectivity index (χ1) is 6.43. The molecule has 0 heterocycles. The molecule has 0 nitrogen and oxygen atoms in total. The van der Waals surface area contributed by atoms with Crippen molar-refractivity contribution in [2.24, 2.45) is 5.92 Å². The molecule has 1 aliphatic rings. The van der Waals surface area contributed by atoms with Crippen LogP contribution in [0.3, 0.4) is 0 Å². The van der Waals surface area contributed by atoms with Gasteiger partial charge in [-0.05, 0) is 45.4 Å². The first kappa shape index (κ1) is 10.4. The third-order valence-corrected chi connectivity index (χ3v) is 2.61. The van der Waals surface area contributed by atoms with Gasteiger partial charge in [0.15, 0.2) is 0 Å². The van der Waals surface area contributed by atoms with E-state index >= 15 is 0 Å². The second kappa shape index (κ2) is 6.78. The minimum Gasteiger partial charge on any atom is -0.106 e. The molecule has 1 rings (SSSR count). The standard InChI is InChI=1S/C13H20/c1-2-10-13-11-8-6-4-3-5-7-9-12-13/h3-4,13H,5-9,11-12H2,1H3. The first-order valence-electron chi connectivity index (χ1n) is 5.51. The molecule has 0 heteroatoms. The van der Waals surface area contributed by atoms with E-state index in [9.17, 15) is 0 Å². The minimum atomic E-state index is 0.677. The Hall–Kier alpha value is -0.700. The summed E-state index contributed by atoms with van der Waals surface area (Å²) in [4.78, 5) is 0. The van der Waals surface area contributed by atoms with E-state index in [0.29, 0.717) is 5.92 Å². The Morgan fingerprint density at radius 3 is 2.46 bits per heavy atom. The van der Waals surface area contributed by atoms with Crippen LogP contribution >= 0.6 is 0 Å². The molecule has 0 amide bonds. The maximum absolute atomic E-state index is 3.33. The predicted molar refractivity (Wildman–Crippen MR) is 58.4 cm³/mol. The van der Waals surface area contributed by atoms with Gasteiger partial charge in [-0.1, -0.05) is 18.6 Å². The van der Waals surface area contributed by atoms with Gasteiger partial charge in [-0.3, -0.25) is 0 Å². The molecule has 1 aliphatic carbocycles. The largest absolute Gasteiger partial charge is 0.106 e. The molecule has 0 saturated carbocycles. The van der Waals surface area contributed by atoms with Crippen LogP contribution < -0.4 is 0 Å². The van der Waals surface area contributed by atoms with Crippen LogP contribution in [-0.2, 0) is 0 Å². The Morgan fingerprint density at radius 2 is 1.69 bits per heavy atom.